The Balaban J connectivity index is 2.13. The number of aromatic nitrogens is 2. The molecule has 0 unspecified atom stereocenters. The van der Waals surface area contributed by atoms with Gasteiger partial charge in [-0.25, -0.2) is 18.4 Å². The molecule has 134 valence electrons. The molecule has 0 atom stereocenters. The van der Waals surface area contributed by atoms with Gasteiger partial charge in [-0.05, 0) is 44.0 Å². The number of nitrogens with one attached hydrogen (secondary N) is 2. The van der Waals surface area contributed by atoms with Gasteiger partial charge in [-0.15, -0.1) is 0 Å². The number of anilines is 2. The summed E-state index contributed by atoms with van der Waals surface area (Å²) < 4.78 is 27.3. The quantitative estimate of drug-likeness (QED) is 0.823. The summed E-state index contributed by atoms with van der Waals surface area (Å²) in [5.74, 6) is 0.861. The highest BCUT2D eigenvalue weighted by Gasteiger charge is 2.16. The molecule has 2 rings (SSSR count). The second-order valence-electron chi connectivity index (χ2n) is 6.22. The minimum Gasteiger partial charge on any atom is -0.326 e. The fraction of sp³-hybridized carbons (Fsp3) is 0.353. The standard InChI is InChI=1S/C17H22N4O3S/c1-11(2)9-17(22)20-14-5-7-15(8-6-14)25(23,24)21-16-10-12(3)18-13(4)19-16/h5-8,10-11H,9H2,1-4H3,(H,20,22)(H,18,19,21). The normalized spacial score (nSPS) is 11.4. The van der Waals surface area contributed by atoms with Gasteiger partial charge in [0, 0.05) is 23.9 Å². The van der Waals surface area contributed by atoms with Gasteiger partial charge in [0.25, 0.3) is 10.0 Å². The molecule has 7 nitrogen and oxygen atoms in total. The molecule has 1 amide bonds. The van der Waals surface area contributed by atoms with Crippen LogP contribution in [-0.4, -0.2) is 24.3 Å². The Morgan fingerprint density at radius 1 is 1.12 bits per heavy atom. The van der Waals surface area contributed by atoms with Crippen LogP contribution in [0.1, 0.15) is 31.8 Å². The topological polar surface area (TPSA) is 101 Å². The number of carbonyl (C=O) groups excluding carboxylic acids is 1. The number of hydrogen-bond donors (Lipinski definition) is 2. The van der Waals surface area contributed by atoms with E-state index >= 15 is 0 Å². The number of nitrogens with zero attached hydrogens (tertiary/aromatic N) is 2. The van der Waals surface area contributed by atoms with E-state index in [2.05, 4.69) is 20.0 Å². The van der Waals surface area contributed by atoms with E-state index in [1.54, 1.807) is 32.0 Å². The molecule has 2 N–H and O–H groups in total. The zero-order valence-corrected chi connectivity index (χ0v) is 15.5. The Morgan fingerprint density at radius 3 is 2.32 bits per heavy atom. The lowest BCUT2D eigenvalue weighted by Gasteiger charge is -2.10. The summed E-state index contributed by atoms with van der Waals surface area (Å²) in [6, 6.07) is 7.56. The van der Waals surface area contributed by atoms with Gasteiger partial charge in [0.1, 0.15) is 11.6 Å². The van der Waals surface area contributed by atoms with E-state index in [4.69, 9.17) is 0 Å². The van der Waals surface area contributed by atoms with Crippen LogP contribution in [0.2, 0.25) is 0 Å². The first kappa shape index (κ1) is 18.9. The predicted octanol–water partition coefficient (Wildman–Crippen LogP) is 2.88. The molecule has 0 aliphatic carbocycles. The molecule has 8 heteroatoms. The van der Waals surface area contributed by atoms with Crippen molar-refractivity contribution in [2.75, 3.05) is 10.0 Å². The van der Waals surface area contributed by atoms with Gasteiger partial charge in [-0.3, -0.25) is 9.52 Å². The zero-order chi connectivity index (χ0) is 18.6. The van der Waals surface area contributed by atoms with Gasteiger partial charge in [0.2, 0.25) is 5.91 Å². The van der Waals surface area contributed by atoms with Crippen molar-refractivity contribution in [1.29, 1.82) is 0 Å². The van der Waals surface area contributed by atoms with Crippen molar-refractivity contribution < 1.29 is 13.2 Å². The Kier molecular flexibility index (Phi) is 5.73. The van der Waals surface area contributed by atoms with Crippen LogP contribution >= 0.6 is 0 Å². The van der Waals surface area contributed by atoms with Crippen LogP contribution in [0, 0.1) is 19.8 Å². The maximum Gasteiger partial charge on any atom is 0.263 e. The number of benzene rings is 1. The van der Waals surface area contributed by atoms with Crippen LogP contribution < -0.4 is 10.0 Å². The molecule has 1 aromatic heterocycles. The smallest absolute Gasteiger partial charge is 0.263 e. The lowest BCUT2D eigenvalue weighted by molar-refractivity contribution is -0.116. The molecule has 0 fully saturated rings. The number of amides is 1. The first-order chi connectivity index (χ1) is 11.7. The summed E-state index contributed by atoms with van der Waals surface area (Å²) >= 11 is 0. The van der Waals surface area contributed by atoms with Crippen LogP contribution in [0.4, 0.5) is 11.5 Å². The van der Waals surface area contributed by atoms with Crippen LogP contribution in [0.15, 0.2) is 35.2 Å². The average Bonchev–Trinajstić information content (AvgIpc) is 2.45. The molecular formula is C17H22N4O3S. The molecule has 0 spiro atoms. The maximum absolute atomic E-state index is 12.4. The molecule has 2 aromatic rings. The second kappa shape index (κ2) is 7.60. The Bertz CT molecular complexity index is 842. The van der Waals surface area contributed by atoms with E-state index in [0.717, 1.165) is 0 Å². The van der Waals surface area contributed by atoms with E-state index in [1.807, 2.05) is 13.8 Å². The molecule has 0 saturated carbocycles. The molecule has 0 aliphatic heterocycles. The Labute approximate surface area is 148 Å². The van der Waals surface area contributed by atoms with Crippen LogP contribution in [0.25, 0.3) is 0 Å². The fourth-order valence-corrected chi connectivity index (χ4v) is 3.26. The van der Waals surface area contributed by atoms with Gasteiger partial charge >= 0.3 is 0 Å². The van der Waals surface area contributed by atoms with Crippen LogP contribution in [-0.2, 0) is 14.8 Å². The Morgan fingerprint density at radius 2 is 1.76 bits per heavy atom. The number of carbonyl (C=O) groups is 1. The van der Waals surface area contributed by atoms with Crippen molar-refractivity contribution in [3.05, 3.63) is 41.9 Å². The fourth-order valence-electron chi connectivity index (χ4n) is 2.27. The third-order valence-corrected chi connectivity index (χ3v) is 4.62. The monoisotopic (exact) mass is 362 g/mol. The van der Waals surface area contributed by atoms with Gasteiger partial charge < -0.3 is 5.32 Å². The molecule has 25 heavy (non-hydrogen) atoms. The van der Waals surface area contributed by atoms with E-state index < -0.39 is 10.0 Å². The summed E-state index contributed by atoms with van der Waals surface area (Å²) in [5, 5.41) is 2.74. The van der Waals surface area contributed by atoms with Crippen molar-refractivity contribution in [1.82, 2.24) is 9.97 Å². The van der Waals surface area contributed by atoms with Gasteiger partial charge in [-0.1, -0.05) is 13.8 Å². The average molecular weight is 362 g/mol. The summed E-state index contributed by atoms with van der Waals surface area (Å²) in [4.78, 5) is 20.0. The van der Waals surface area contributed by atoms with Gasteiger partial charge in [-0.2, -0.15) is 0 Å². The number of rotatable bonds is 6. The van der Waals surface area contributed by atoms with Crippen LogP contribution in [0.5, 0.6) is 0 Å². The van der Waals surface area contributed by atoms with Crippen molar-refractivity contribution in [3.63, 3.8) is 0 Å². The lowest BCUT2D eigenvalue weighted by atomic mass is 10.1. The van der Waals surface area contributed by atoms with Crippen molar-refractivity contribution in [2.45, 2.75) is 39.0 Å². The third-order valence-electron chi connectivity index (χ3n) is 3.25. The first-order valence-electron chi connectivity index (χ1n) is 7.91. The van der Waals surface area contributed by atoms with Gasteiger partial charge in [0.05, 0.1) is 4.90 Å². The second-order valence-corrected chi connectivity index (χ2v) is 7.90. The van der Waals surface area contributed by atoms with Gasteiger partial charge in [0.15, 0.2) is 0 Å². The molecule has 1 heterocycles. The van der Waals surface area contributed by atoms with Crippen molar-refractivity contribution >= 4 is 27.4 Å². The van der Waals surface area contributed by atoms with E-state index in [0.29, 0.717) is 23.6 Å². The summed E-state index contributed by atoms with van der Waals surface area (Å²) in [7, 11) is -3.76. The summed E-state index contributed by atoms with van der Waals surface area (Å²) in [6.07, 6.45) is 0.411. The van der Waals surface area contributed by atoms with Crippen LogP contribution in [0.3, 0.4) is 0 Å². The molecule has 0 radical (unpaired) electrons. The number of hydrogen-bond acceptors (Lipinski definition) is 5. The number of sulfonamides is 1. The molecule has 0 aliphatic rings. The zero-order valence-electron chi connectivity index (χ0n) is 14.7. The lowest BCUT2D eigenvalue weighted by Crippen LogP contribution is -2.16. The molecule has 1 aromatic carbocycles. The van der Waals surface area contributed by atoms with Crippen molar-refractivity contribution in [2.24, 2.45) is 5.92 Å². The highest BCUT2D eigenvalue weighted by Crippen LogP contribution is 2.18. The highest BCUT2D eigenvalue weighted by atomic mass is 32.2. The SMILES string of the molecule is Cc1cc(NS(=O)(=O)c2ccc(NC(=O)CC(C)C)cc2)nc(C)n1. The van der Waals surface area contributed by atoms with E-state index in [-0.39, 0.29) is 22.5 Å². The summed E-state index contributed by atoms with van der Waals surface area (Å²) in [5.41, 5.74) is 1.23. The van der Waals surface area contributed by atoms with E-state index in [1.165, 1.54) is 12.1 Å². The summed E-state index contributed by atoms with van der Waals surface area (Å²) in [6.45, 7) is 7.37. The maximum atomic E-state index is 12.4. The minimum atomic E-state index is -3.76. The molecule has 0 saturated heterocycles. The predicted molar refractivity (Wildman–Crippen MR) is 96.8 cm³/mol. The highest BCUT2D eigenvalue weighted by molar-refractivity contribution is 7.92. The molecule has 0 bridgehead atoms. The minimum absolute atomic E-state index is 0.0864. The Hall–Kier alpha value is -2.48. The largest absolute Gasteiger partial charge is 0.326 e. The molecular weight excluding hydrogens is 340 g/mol. The van der Waals surface area contributed by atoms with E-state index in [9.17, 15) is 13.2 Å². The van der Waals surface area contributed by atoms with Crippen molar-refractivity contribution in [3.8, 4) is 0 Å². The number of aryl methyl sites for hydroxylation is 2. The third kappa shape index (κ3) is 5.53. The first-order valence-corrected chi connectivity index (χ1v) is 9.39.